The molecule has 0 bridgehead atoms. The van der Waals surface area contributed by atoms with Gasteiger partial charge in [0.05, 0.1) is 25.0 Å². The van der Waals surface area contributed by atoms with Gasteiger partial charge in [0.1, 0.15) is 44.4 Å². The van der Waals surface area contributed by atoms with Crippen LogP contribution in [0, 0.1) is 20.8 Å². The molecule has 0 spiro atoms. The monoisotopic (exact) mass is 640 g/mol. The molecule has 2 aromatic carbocycles. The van der Waals surface area contributed by atoms with Gasteiger partial charge in [0.25, 0.3) is 0 Å². The molecule has 10 heteroatoms. The molecule has 45 heavy (non-hydrogen) atoms. The number of ether oxygens (including phenoxy) is 2. The van der Waals surface area contributed by atoms with E-state index < -0.39 is 0 Å². The van der Waals surface area contributed by atoms with Gasteiger partial charge in [-0.15, -0.1) is 22.7 Å². The van der Waals surface area contributed by atoms with Crippen molar-refractivity contribution in [3.8, 4) is 11.5 Å². The predicted octanol–water partition coefficient (Wildman–Crippen LogP) is 8.20. The Morgan fingerprint density at radius 1 is 0.622 bits per heavy atom. The van der Waals surface area contributed by atoms with E-state index in [0.29, 0.717) is 0 Å². The van der Waals surface area contributed by atoms with Crippen LogP contribution < -0.4 is 20.1 Å². The molecular weight excluding hydrogens is 601 g/mol. The number of aromatic nitrogens is 4. The first kappa shape index (κ1) is 32.1. The smallest absolute Gasteiger partial charge is 0.138 e. The van der Waals surface area contributed by atoms with E-state index in [1.54, 1.807) is 36.9 Å². The molecule has 0 aliphatic rings. The molecule has 4 aromatic heterocycles. The van der Waals surface area contributed by atoms with Gasteiger partial charge in [-0.2, -0.15) is 0 Å². The Hall–Kier alpha value is -4.28. The van der Waals surface area contributed by atoms with Gasteiger partial charge in [0.15, 0.2) is 0 Å². The highest BCUT2D eigenvalue weighted by atomic mass is 32.1. The van der Waals surface area contributed by atoms with Gasteiger partial charge in [-0.1, -0.05) is 31.2 Å². The lowest BCUT2D eigenvalue weighted by Crippen LogP contribution is -2.08. The Morgan fingerprint density at radius 3 is 1.56 bits per heavy atom. The maximum Gasteiger partial charge on any atom is 0.138 e. The first-order valence-electron chi connectivity index (χ1n) is 15.1. The standard InChI is InChI=1S/C18H21N3OS.C17H19N3OS/c1-4-16-20-17(15-11-12(2)23-18(15)21-16)19-10-9-13-5-7-14(22-3)8-6-13;1-11-10-15-16(19-12(2)20-17(15)22-11)18-9-8-13-4-6-14(21-3)7-5-13/h5-8,11H,4,9-10H2,1-3H3,(H,19,20,21);4-7,10H,8-9H2,1-3H3,(H,18,19,20). The fourth-order valence-corrected chi connectivity index (χ4v) is 6.72. The van der Waals surface area contributed by atoms with E-state index in [9.17, 15) is 0 Å². The van der Waals surface area contributed by atoms with Crippen molar-refractivity contribution in [2.24, 2.45) is 0 Å². The number of fused-ring (bicyclic) bond motifs is 2. The number of hydrogen-bond acceptors (Lipinski definition) is 10. The van der Waals surface area contributed by atoms with Crippen LogP contribution in [0.25, 0.3) is 20.4 Å². The van der Waals surface area contributed by atoms with Crippen molar-refractivity contribution in [2.45, 2.75) is 47.0 Å². The van der Waals surface area contributed by atoms with E-state index in [0.717, 1.165) is 87.6 Å². The summed E-state index contributed by atoms with van der Waals surface area (Å²) in [4.78, 5) is 22.9. The quantitative estimate of drug-likeness (QED) is 0.146. The zero-order valence-corrected chi connectivity index (χ0v) is 28.4. The first-order chi connectivity index (χ1) is 21.8. The molecule has 0 saturated carbocycles. The molecule has 0 aliphatic carbocycles. The summed E-state index contributed by atoms with van der Waals surface area (Å²) in [6.07, 6.45) is 2.73. The minimum atomic E-state index is 0.807. The molecule has 0 fully saturated rings. The number of nitrogens with zero attached hydrogens (tertiary/aromatic N) is 4. The van der Waals surface area contributed by atoms with Crippen LogP contribution in [0.5, 0.6) is 11.5 Å². The van der Waals surface area contributed by atoms with Crippen molar-refractivity contribution in [2.75, 3.05) is 37.9 Å². The molecule has 0 unspecified atom stereocenters. The zero-order valence-electron chi connectivity index (χ0n) is 26.7. The van der Waals surface area contributed by atoms with Crippen molar-refractivity contribution in [3.05, 3.63) is 93.2 Å². The summed E-state index contributed by atoms with van der Waals surface area (Å²) in [7, 11) is 3.37. The summed E-state index contributed by atoms with van der Waals surface area (Å²) >= 11 is 3.43. The number of aryl methyl sites for hydroxylation is 4. The second-order valence-corrected chi connectivity index (χ2v) is 13.1. The van der Waals surface area contributed by atoms with Gasteiger partial charge in [-0.25, -0.2) is 19.9 Å². The van der Waals surface area contributed by atoms with E-state index >= 15 is 0 Å². The highest BCUT2D eigenvalue weighted by Gasteiger charge is 2.10. The van der Waals surface area contributed by atoms with Crippen molar-refractivity contribution in [3.63, 3.8) is 0 Å². The second-order valence-electron chi connectivity index (χ2n) is 10.7. The van der Waals surface area contributed by atoms with E-state index in [1.165, 1.54) is 20.9 Å². The fraction of sp³-hybridized carbons (Fsp3) is 0.314. The maximum absolute atomic E-state index is 5.19. The van der Waals surface area contributed by atoms with Crippen molar-refractivity contribution in [1.29, 1.82) is 0 Å². The third-order valence-electron chi connectivity index (χ3n) is 7.24. The van der Waals surface area contributed by atoms with Gasteiger partial charge < -0.3 is 20.1 Å². The Balaban J connectivity index is 0.000000178. The van der Waals surface area contributed by atoms with E-state index in [-0.39, 0.29) is 0 Å². The van der Waals surface area contributed by atoms with E-state index in [1.807, 2.05) is 31.2 Å². The summed E-state index contributed by atoms with van der Waals surface area (Å²) in [5.74, 6) is 5.36. The van der Waals surface area contributed by atoms with Crippen molar-refractivity contribution in [1.82, 2.24) is 19.9 Å². The number of rotatable bonds is 11. The number of anilines is 2. The molecule has 0 amide bonds. The summed E-state index contributed by atoms with van der Waals surface area (Å²) in [5, 5.41) is 9.16. The number of methoxy groups -OCH3 is 2. The van der Waals surface area contributed by atoms with Crippen LogP contribution in [0.1, 0.15) is 39.5 Å². The number of hydrogen-bond donors (Lipinski definition) is 2. The predicted molar refractivity (Wildman–Crippen MR) is 189 cm³/mol. The molecule has 0 saturated heterocycles. The topological polar surface area (TPSA) is 94.1 Å². The molecule has 6 aromatic rings. The maximum atomic E-state index is 5.19. The lowest BCUT2D eigenvalue weighted by atomic mass is 10.1. The van der Waals surface area contributed by atoms with Crippen LogP contribution in [0.15, 0.2) is 60.7 Å². The molecule has 0 atom stereocenters. The van der Waals surface area contributed by atoms with Gasteiger partial charge in [0.2, 0.25) is 0 Å². The molecule has 0 radical (unpaired) electrons. The molecule has 4 heterocycles. The van der Waals surface area contributed by atoms with E-state index in [2.05, 4.69) is 87.7 Å². The molecular formula is C35H40N6O2S2. The highest BCUT2D eigenvalue weighted by molar-refractivity contribution is 7.19. The number of benzene rings is 2. The second kappa shape index (κ2) is 15.1. The van der Waals surface area contributed by atoms with Crippen LogP contribution in [-0.4, -0.2) is 47.2 Å². The number of thiophene rings is 2. The normalized spacial score (nSPS) is 10.9. The van der Waals surface area contributed by atoms with Gasteiger partial charge in [0, 0.05) is 29.3 Å². The van der Waals surface area contributed by atoms with E-state index in [4.69, 9.17) is 9.47 Å². The average Bonchev–Trinajstić information content (AvgIpc) is 3.62. The Bertz CT molecular complexity index is 1850. The Labute approximate surface area is 272 Å². The van der Waals surface area contributed by atoms with Crippen LogP contribution in [-0.2, 0) is 19.3 Å². The molecule has 0 aliphatic heterocycles. The van der Waals surface area contributed by atoms with Crippen LogP contribution >= 0.6 is 22.7 Å². The average molecular weight is 641 g/mol. The fourth-order valence-electron chi connectivity index (χ4n) is 4.90. The van der Waals surface area contributed by atoms with Gasteiger partial charge in [-0.05, 0) is 81.1 Å². The number of nitrogens with one attached hydrogen (secondary N) is 2. The minimum absolute atomic E-state index is 0.807. The molecule has 234 valence electrons. The summed E-state index contributed by atoms with van der Waals surface area (Å²) in [5.41, 5.74) is 2.55. The third kappa shape index (κ3) is 8.46. The molecule has 2 N–H and O–H groups in total. The van der Waals surface area contributed by atoms with Gasteiger partial charge >= 0.3 is 0 Å². The minimum Gasteiger partial charge on any atom is -0.497 e. The summed E-state index contributed by atoms with van der Waals surface area (Å²) in [6.45, 7) is 9.91. The lowest BCUT2D eigenvalue weighted by Gasteiger charge is -2.09. The third-order valence-corrected chi connectivity index (χ3v) is 9.13. The Kier molecular flexibility index (Phi) is 10.8. The zero-order chi connectivity index (χ0) is 31.8. The Morgan fingerprint density at radius 2 is 1.09 bits per heavy atom. The highest BCUT2D eigenvalue weighted by Crippen LogP contribution is 2.29. The summed E-state index contributed by atoms with van der Waals surface area (Å²) < 4.78 is 10.4. The largest absolute Gasteiger partial charge is 0.497 e. The van der Waals surface area contributed by atoms with Crippen LogP contribution in [0.2, 0.25) is 0 Å². The summed E-state index contributed by atoms with van der Waals surface area (Å²) in [6, 6.07) is 20.7. The van der Waals surface area contributed by atoms with Crippen LogP contribution in [0.3, 0.4) is 0 Å². The van der Waals surface area contributed by atoms with Crippen LogP contribution in [0.4, 0.5) is 11.6 Å². The lowest BCUT2D eigenvalue weighted by molar-refractivity contribution is 0.414. The molecule has 8 nitrogen and oxygen atoms in total. The van der Waals surface area contributed by atoms with Crippen molar-refractivity contribution >= 4 is 54.7 Å². The first-order valence-corrected chi connectivity index (χ1v) is 16.7. The molecule has 6 rings (SSSR count). The SMILES string of the molecule is CCc1nc(NCCc2ccc(OC)cc2)c2cc(C)sc2n1.COc1ccc(CCNc2nc(C)nc3sc(C)cc23)cc1. The van der Waals surface area contributed by atoms with Gasteiger partial charge in [-0.3, -0.25) is 0 Å². The van der Waals surface area contributed by atoms with Crippen molar-refractivity contribution < 1.29 is 9.47 Å².